The average molecular weight is 288 g/mol. The van der Waals surface area contributed by atoms with Crippen molar-refractivity contribution < 1.29 is 23.1 Å². The van der Waals surface area contributed by atoms with Gasteiger partial charge in [-0.05, 0) is 12.1 Å². The second kappa shape index (κ2) is 4.98. The Balaban J connectivity index is 2.44. The smallest absolute Gasteiger partial charge is 0.326 e. The van der Waals surface area contributed by atoms with Crippen molar-refractivity contribution in [2.24, 2.45) is 5.73 Å². The normalized spacial score (nSPS) is 12.4. The number of rotatable bonds is 3. The van der Waals surface area contributed by atoms with Crippen LogP contribution in [0.5, 0.6) is 0 Å². The van der Waals surface area contributed by atoms with Gasteiger partial charge in [-0.3, -0.25) is 4.79 Å². The quantitative estimate of drug-likeness (QED) is 0.850. The third-order valence-corrected chi connectivity index (χ3v) is 3.27. The summed E-state index contributed by atoms with van der Waals surface area (Å²) >= 11 is 0.894. The monoisotopic (exact) mass is 288 g/mol. The molecule has 100 valence electrons. The summed E-state index contributed by atoms with van der Waals surface area (Å²) in [5.74, 6) is -5.57. The molecule has 3 N–H and O–H groups in total. The van der Waals surface area contributed by atoms with Crippen LogP contribution in [0, 0.1) is 17.5 Å². The molecule has 1 atom stereocenters. The standard InChI is InChI=1S/C11H7F3N2O2S/c12-5-2-1-4(7(13)8(5)14)10-16-6(3-19-10)9(15)11(17)18/h1-3,9H,15H2,(H,17,18). The van der Waals surface area contributed by atoms with Crippen molar-refractivity contribution in [3.05, 3.63) is 40.7 Å². The molecular weight excluding hydrogens is 281 g/mol. The third kappa shape index (κ3) is 2.45. The summed E-state index contributed by atoms with van der Waals surface area (Å²) in [6.45, 7) is 0. The van der Waals surface area contributed by atoms with E-state index >= 15 is 0 Å². The first-order chi connectivity index (χ1) is 8.91. The van der Waals surface area contributed by atoms with Gasteiger partial charge < -0.3 is 10.8 Å². The molecule has 0 amide bonds. The van der Waals surface area contributed by atoms with Gasteiger partial charge in [0.05, 0.1) is 5.69 Å². The Morgan fingerprint density at radius 1 is 1.32 bits per heavy atom. The first-order valence-corrected chi connectivity index (χ1v) is 5.87. The van der Waals surface area contributed by atoms with Crippen molar-refractivity contribution in [2.45, 2.75) is 6.04 Å². The Morgan fingerprint density at radius 3 is 2.63 bits per heavy atom. The van der Waals surface area contributed by atoms with Crippen molar-refractivity contribution in [3.8, 4) is 10.6 Å². The van der Waals surface area contributed by atoms with Crippen LogP contribution in [0.15, 0.2) is 17.5 Å². The van der Waals surface area contributed by atoms with Crippen LogP contribution < -0.4 is 5.73 Å². The molecule has 0 aliphatic heterocycles. The number of carbonyl (C=O) groups is 1. The number of hydrogen-bond donors (Lipinski definition) is 2. The Morgan fingerprint density at radius 2 is 2.00 bits per heavy atom. The number of nitrogens with two attached hydrogens (primary N) is 1. The summed E-state index contributed by atoms with van der Waals surface area (Å²) in [7, 11) is 0. The van der Waals surface area contributed by atoms with E-state index in [1.165, 1.54) is 5.38 Å². The summed E-state index contributed by atoms with van der Waals surface area (Å²) in [5.41, 5.74) is 5.12. The number of carboxylic acid groups (broad SMARTS) is 1. The molecule has 1 aromatic carbocycles. The van der Waals surface area contributed by atoms with Gasteiger partial charge in [-0.2, -0.15) is 0 Å². The highest BCUT2D eigenvalue weighted by Gasteiger charge is 2.21. The number of hydrogen-bond acceptors (Lipinski definition) is 4. The molecule has 4 nitrogen and oxygen atoms in total. The first-order valence-electron chi connectivity index (χ1n) is 4.99. The minimum absolute atomic E-state index is 0.0247. The lowest BCUT2D eigenvalue weighted by Gasteiger charge is -2.02. The van der Waals surface area contributed by atoms with Gasteiger partial charge in [-0.1, -0.05) is 0 Å². The Kier molecular flexibility index (Phi) is 3.54. The van der Waals surface area contributed by atoms with E-state index in [0.29, 0.717) is 0 Å². The fourth-order valence-corrected chi connectivity index (χ4v) is 2.24. The van der Waals surface area contributed by atoms with Gasteiger partial charge in [0, 0.05) is 10.9 Å². The number of nitrogens with zero attached hydrogens (tertiary/aromatic N) is 1. The van der Waals surface area contributed by atoms with Gasteiger partial charge in [0.25, 0.3) is 0 Å². The fraction of sp³-hybridized carbons (Fsp3) is 0.0909. The number of aromatic nitrogens is 1. The third-order valence-electron chi connectivity index (χ3n) is 2.37. The maximum atomic E-state index is 13.5. The predicted octanol–water partition coefficient (Wildman–Crippen LogP) is 2.31. The van der Waals surface area contributed by atoms with Crippen molar-refractivity contribution in [3.63, 3.8) is 0 Å². The van der Waals surface area contributed by atoms with E-state index in [-0.39, 0.29) is 16.3 Å². The minimum atomic E-state index is -1.60. The zero-order valence-electron chi connectivity index (χ0n) is 9.23. The van der Waals surface area contributed by atoms with E-state index in [1.807, 2.05) is 0 Å². The van der Waals surface area contributed by atoms with Crippen LogP contribution in [-0.2, 0) is 4.79 Å². The van der Waals surface area contributed by atoms with Gasteiger partial charge >= 0.3 is 5.97 Å². The van der Waals surface area contributed by atoms with Crippen LogP contribution in [0.3, 0.4) is 0 Å². The largest absolute Gasteiger partial charge is 0.480 e. The highest BCUT2D eigenvalue weighted by Crippen LogP contribution is 2.29. The van der Waals surface area contributed by atoms with E-state index in [4.69, 9.17) is 10.8 Å². The number of halogens is 3. The lowest BCUT2D eigenvalue weighted by atomic mass is 10.2. The second-order valence-corrected chi connectivity index (χ2v) is 4.47. The van der Waals surface area contributed by atoms with Crippen LogP contribution in [0.4, 0.5) is 13.2 Å². The molecule has 0 bridgehead atoms. The molecule has 1 aromatic heterocycles. The summed E-state index contributed by atoms with van der Waals surface area (Å²) in [4.78, 5) is 14.5. The Hall–Kier alpha value is -1.93. The molecule has 0 saturated carbocycles. The zero-order chi connectivity index (χ0) is 14.2. The van der Waals surface area contributed by atoms with Crippen molar-refractivity contribution in [1.82, 2.24) is 4.98 Å². The van der Waals surface area contributed by atoms with Crippen LogP contribution in [0.1, 0.15) is 11.7 Å². The second-order valence-electron chi connectivity index (χ2n) is 3.62. The maximum Gasteiger partial charge on any atom is 0.326 e. The average Bonchev–Trinajstić information content (AvgIpc) is 2.84. The molecule has 2 rings (SSSR count). The van der Waals surface area contributed by atoms with Crippen LogP contribution in [0.2, 0.25) is 0 Å². The van der Waals surface area contributed by atoms with Gasteiger partial charge in [0.15, 0.2) is 17.5 Å². The number of aliphatic carboxylic acids is 1. The lowest BCUT2D eigenvalue weighted by molar-refractivity contribution is -0.138. The molecule has 19 heavy (non-hydrogen) atoms. The van der Waals surface area contributed by atoms with E-state index in [2.05, 4.69) is 4.98 Å². The molecule has 0 fully saturated rings. The van der Waals surface area contributed by atoms with E-state index in [0.717, 1.165) is 23.5 Å². The molecule has 0 saturated heterocycles. The van der Waals surface area contributed by atoms with Crippen molar-refractivity contribution in [1.29, 1.82) is 0 Å². The van der Waals surface area contributed by atoms with Crippen LogP contribution in [0.25, 0.3) is 10.6 Å². The molecule has 0 spiro atoms. The zero-order valence-corrected chi connectivity index (χ0v) is 10.0. The molecule has 0 aliphatic carbocycles. The molecular formula is C11H7F3N2O2S. The highest BCUT2D eigenvalue weighted by atomic mass is 32.1. The van der Waals surface area contributed by atoms with Gasteiger partial charge in [-0.15, -0.1) is 11.3 Å². The van der Waals surface area contributed by atoms with Gasteiger partial charge in [0.2, 0.25) is 0 Å². The van der Waals surface area contributed by atoms with E-state index in [9.17, 15) is 18.0 Å². The van der Waals surface area contributed by atoms with Gasteiger partial charge in [-0.25, -0.2) is 18.2 Å². The van der Waals surface area contributed by atoms with E-state index in [1.54, 1.807) is 0 Å². The summed E-state index contributed by atoms with van der Waals surface area (Å²) in [6, 6.07) is 0.451. The maximum absolute atomic E-state index is 13.5. The number of benzene rings is 1. The topological polar surface area (TPSA) is 76.2 Å². The summed E-state index contributed by atoms with van der Waals surface area (Å²) in [6.07, 6.45) is 0. The van der Waals surface area contributed by atoms with Crippen LogP contribution >= 0.6 is 11.3 Å². The van der Waals surface area contributed by atoms with Crippen molar-refractivity contribution >= 4 is 17.3 Å². The van der Waals surface area contributed by atoms with Crippen LogP contribution in [-0.4, -0.2) is 16.1 Å². The number of thiazole rings is 1. The molecule has 0 radical (unpaired) electrons. The molecule has 0 aliphatic rings. The molecule has 8 heteroatoms. The summed E-state index contributed by atoms with van der Waals surface area (Å²) < 4.78 is 39.4. The first kappa shape index (κ1) is 13.5. The number of carboxylic acids is 1. The molecule has 1 heterocycles. The minimum Gasteiger partial charge on any atom is -0.480 e. The fourth-order valence-electron chi connectivity index (χ4n) is 1.37. The predicted molar refractivity (Wildman–Crippen MR) is 62.0 cm³/mol. The van der Waals surface area contributed by atoms with Crippen molar-refractivity contribution in [2.75, 3.05) is 0 Å². The summed E-state index contributed by atoms with van der Waals surface area (Å²) in [5, 5.41) is 10.1. The molecule has 1 unspecified atom stereocenters. The molecule has 2 aromatic rings. The SMILES string of the molecule is NC(C(=O)O)c1csc(-c2ccc(F)c(F)c2F)n1. The van der Waals surface area contributed by atoms with E-state index < -0.39 is 29.5 Å². The van der Waals surface area contributed by atoms with Gasteiger partial charge in [0.1, 0.15) is 11.0 Å². The lowest BCUT2D eigenvalue weighted by Crippen LogP contribution is -2.20. The highest BCUT2D eigenvalue weighted by molar-refractivity contribution is 7.13. The Bertz CT molecular complexity index is 645. The Labute approximate surface area is 109 Å².